The lowest BCUT2D eigenvalue weighted by Crippen LogP contribution is -2.54. The Hall–Kier alpha value is -5.03. The number of nitro groups is 1. The van der Waals surface area contributed by atoms with Crippen molar-refractivity contribution in [1.82, 2.24) is 10.2 Å². The summed E-state index contributed by atoms with van der Waals surface area (Å²) in [6, 6.07) is 28.4. The predicted octanol–water partition coefficient (Wildman–Crippen LogP) is 5.65. The first-order valence-corrected chi connectivity index (χ1v) is 16.4. The fourth-order valence-corrected chi connectivity index (χ4v) is 6.32. The number of benzene rings is 4. The van der Waals surface area contributed by atoms with E-state index in [2.05, 4.69) is 5.32 Å². The normalized spacial score (nSPS) is 12.5. The molecule has 11 heteroatoms. The van der Waals surface area contributed by atoms with E-state index in [0.29, 0.717) is 6.42 Å². The number of aryl methyl sites for hydroxylation is 1. The number of nitro benzene ring substituents is 1. The van der Waals surface area contributed by atoms with E-state index in [1.165, 1.54) is 35.2 Å². The molecule has 0 unspecified atom stereocenters. The van der Waals surface area contributed by atoms with Crippen molar-refractivity contribution in [2.24, 2.45) is 0 Å². The zero-order chi connectivity index (χ0) is 33.3. The average Bonchev–Trinajstić information content (AvgIpc) is 3.06. The molecule has 4 rings (SSSR count). The standard InChI is InChI=1S/C35H38N4O6S/c1-4-27(3)36-35(41)33(22-28-12-7-5-8-13-28)37(24-29-20-18-26(2)19-21-29)34(40)25-38(30-14-11-15-31(23-30)39(42)43)46(44,45)32-16-9-6-10-17-32/h5-21,23,27,33H,4,22,24-25H2,1-3H3,(H,36,41)/t27-,33+/m1/s1. The van der Waals surface area contributed by atoms with Gasteiger partial charge in [-0.1, -0.05) is 91.3 Å². The van der Waals surface area contributed by atoms with Crippen molar-refractivity contribution in [1.29, 1.82) is 0 Å². The minimum atomic E-state index is -4.37. The van der Waals surface area contributed by atoms with Gasteiger partial charge in [0.25, 0.3) is 15.7 Å². The second kappa shape index (κ2) is 15.3. The molecular formula is C35H38N4O6S. The molecule has 0 heterocycles. The van der Waals surface area contributed by atoms with Gasteiger partial charge in [-0.2, -0.15) is 0 Å². The first-order valence-electron chi connectivity index (χ1n) is 15.0. The van der Waals surface area contributed by atoms with E-state index in [9.17, 15) is 28.1 Å². The highest BCUT2D eigenvalue weighted by molar-refractivity contribution is 7.92. The van der Waals surface area contributed by atoms with Gasteiger partial charge in [0, 0.05) is 31.1 Å². The number of carbonyl (C=O) groups excluding carboxylic acids is 2. The van der Waals surface area contributed by atoms with Gasteiger partial charge in [0.2, 0.25) is 11.8 Å². The summed E-state index contributed by atoms with van der Waals surface area (Å²) in [7, 11) is -4.37. The zero-order valence-corrected chi connectivity index (χ0v) is 26.9. The van der Waals surface area contributed by atoms with Gasteiger partial charge in [-0.15, -0.1) is 0 Å². The fourth-order valence-electron chi connectivity index (χ4n) is 4.90. The van der Waals surface area contributed by atoms with E-state index in [4.69, 9.17) is 0 Å². The molecule has 4 aromatic rings. The number of nitrogens with zero attached hydrogens (tertiary/aromatic N) is 3. The van der Waals surface area contributed by atoms with Gasteiger partial charge >= 0.3 is 0 Å². The number of hydrogen-bond donors (Lipinski definition) is 1. The third-order valence-electron chi connectivity index (χ3n) is 7.68. The maximum Gasteiger partial charge on any atom is 0.271 e. The van der Waals surface area contributed by atoms with Crippen molar-refractivity contribution < 1.29 is 22.9 Å². The van der Waals surface area contributed by atoms with E-state index >= 15 is 0 Å². The van der Waals surface area contributed by atoms with Crippen molar-refractivity contribution in [3.8, 4) is 0 Å². The molecule has 2 amide bonds. The van der Waals surface area contributed by atoms with Crippen LogP contribution in [0.15, 0.2) is 114 Å². The molecule has 0 aromatic heterocycles. The lowest BCUT2D eigenvalue weighted by atomic mass is 10.0. The lowest BCUT2D eigenvalue weighted by molar-refractivity contribution is -0.384. The Balaban J connectivity index is 1.83. The Morgan fingerprint density at radius 3 is 2.11 bits per heavy atom. The number of sulfonamides is 1. The molecule has 10 nitrogen and oxygen atoms in total. The van der Waals surface area contributed by atoms with Crippen molar-refractivity contribution in [2.75, 3.05) is 10.8 Å². The van der Waals surface area contributed by atoms with Crippen LogP contribution in [0.4, 0.5) is 11.4 Å². The molecule has 4 aromatic carbocycles. The topological polar surface area (TPSA) is 130 Å². The van der Waals surface area contributed by atoms with Crippen molar-refractivity contribution in [3.05, 3.63) is 136 Å². The number of carbonyl (C=O) groups is 2. The molecule has 0 radical (unpaired) electrons. The summed E-state index contributed by atoms with van der Waals surface area (Å²) < 4.78 is 29.0. The van der Waals surface area contributed by atoms with Crippen LogP contribution < -0.4 is 9.62 Å². The van der Waals surface area contributed by atoms with Gasteiger partial charge in [0.15, 0.2) is 0 Å². The highest BCUT2D eigenvalue weighted by atomic mass is 32.2. The van der Waals surface area contributed by atoms with Crippen molar-refractivity contribution >= 4 is 33.2 Å². The quantitative estimate of drug-likeness (QED) is 0.140. The van der Waals surface area contributed by atoms with Gasteiger partial charge in [0.1, 0.15) is 12.6 Å². The Morgan fingerprint density at radius 2 is 1.50 bits per heavy atom. The maximum atomic E-state index is 14.5. The second-order valence-corrected chi connectivity index (χ2v) is 13.0. The molecule has 0 fully saturated rings. The number of nitrogens with one attached hydrogen (secondary N) is 1. The van der Waals surface area contributed by atoms with E-state index in [1.54, 1.807) is 18.2 Å². The molecule has 0 aliphatic rings. The molecule has 46 heavy (non-hydrogen) atoms. The Labute approximate surface area is 269 Å². The van der Waals surface area contributed by atoms with Gasteiger partial charge in [-0.25, -0.2) is 8.42 Å². The van der Waals surface area contributed by atoms with Gasteiger partial charge in [-0.3, -0.25) is 24.0 Å². The first kappa shape index (κ1) is 33.9. The van der Waals surface area contributed by atoms with Gasteiger partial charge < -0.3 is 10.2 Å². The fraction of sp³-hybridized carbons (Fsp3) is 0.257. The monoisotopic (exact) mass is 642 g/mol. The second-order valence-electron chi connectivity index (χ2n) is 11.1. The van der Waals surface area contributed by atoms with Crippen LogP contribution in [0.2, 0.25) is 0 Å². The van der Waals surface area contributed by atoms with Crippen LogP contribution in [-0.4, -0.2) is 48.7 Å². The molecule has 0 spiro atoms. The highest BCUT2D eigenvalue weighted by Gasteiger charge is 2.35. The highest BCUT2D eigenvalue weighted by Crippen LogP contribution is 2.28. The molecule has 0 aliphatic heterocycles. The molecule has 0 aliphatic carbocycles. The maximum absolute atomic E-state index is 14.5. The first-order chi connectivity index (χ1) is 22.0. The Morgan fingerprint density at radius 1 is 0.870 bits per heavy atom. The zero-order valence-electron chi connectivity index (χ0n) is 26.1. The largest absolute Gasteiger partial charge is 0.352 e. The number of hydrogen-bond acceptors (Lipinski definition) is 6. The molecule has 1 N–H and O–H groups in total. The molecule has 240 valence electrons. The van der Waals surface area contributed by atoms with Crippen LogP contribution in [0, 0.1) is 17.0 Å². The van der Waals surface area contributed by atoms with E-state index in [-0.39, 0.29) is 41.2 Å². The van der Waals surface area contributed by atoms with Crippen LogP contribution in [0.1, 0.15) is 37.0 Å². The van der Waals surface area contributed by atoms with Gasteiger partial charge in [-0.05, 0) is 49.6 Å². The van der Waals surface area contributed by atoms with Crippen molar-refractivity contribution in [3.63, 3.8) is 0 Å². The Kier molecular flexibility index (Phi) is 11.3. The van der Waals surface area contributed by atoms with Crippen LogP contribution in [0.5, 0.6) is 0 Å². The number of anilines is 1. The number of rotatable bonds is 14. The molecule has 2 atom stereocenters. The van der Waals surface area contributed by atoms with Crippen LogP contribution in [0.25, 0.3) is 0 Å². The summed E-state index contributed by atoms with van der Waals surface area (Å²) >= 11 is 0. The van der Waals surface area contributed by atoms with E-state index < -0.39 is 33.4 Å². The van der Waals surface area contributed by atoms with Crippen LogP contribution >= 0.6 is 0 Å². The predicted molar refractivity (Wildman–Crippen MR) is 178 cm³/mol. The summed E-state index contributed by atoms with van der Waals surface area (Å²) in [6.07, 6.45) is 0.856. The Bertz CT molecular complexity index is 1750. The summed E-state index contributed by atoms with van der Waals surface area (Å²) in [5.41, 5.74) is 2.21. The van der Waals surface area contributed by atoms with Gasteiger partial charge in [0.05, 0.1) is 15.5 Å². The summed E-state index contributed by atoms with van der Waals surface area (Å²) in [5, 5.41) is 14.6. The number of non-ortho nitro benzene ring substituents is 1. The van der Waals surface area contributed by atoms with E-state index in [1.807, 2.05) is 75.4 Å². The van der Waals surface area contributed by atoms with Crippen LogP contribution in [0.3, 0.4) is 0 Å². The summed E-state index contributed by atoms with van der Waals surface area (Å²) in [6.45, 7) is 5.08. The van der Waals surface area contributed by atoms with E-state index in [0.717, 1.165) is 27.1 Å². The molecule has 0 saturated carbocycles. The minimum absolute atomic E-state index is 0.0265. The SMILES string of the molecule is CC[C@@H](C)NC(=O)[C@H](Cc1ccccc1)N(Cc1ccc(C)cc1)C(=O)CN(c1cccc([N+](=O)[O-])c1)S(=O)(=O)c1ccccc1. The molecular weight excluding hydrogens is 604 g/mol. The summed E-state index contributed by atoms with van der Waals surface area (Å²) in [5.74, 6) is -1.02. The lowest BCUT2D eigenvalue weighted by Gasteiger charge is -2.34. The molecule has 0 saturated heterocycles. The number of amides is 2. The minimum Gasteiger partial charge on any atom is -0.352 e. The van der Waals surface area contributed by atoms with Crippen LogP contribution in [-0.2, 0) is 32.6 Å². The smallest absolute Gasteiger partial charge is 0.271 e. The third kappa shape index (κ3) is 8.57. The van der Waals surface area contributed by atoms with Crippen molar-refractivity contribution in [2.45, 2.75) is 57.1 Å². The summed E-state index contributed by atoms with van der Waals surface area (Å²) in [4.78, 5) is 40.7. The average molecular weight is 643 g/mol. The third-order valence-corrected chi connectivity index (χ3v) is 9.47. The molecule has 0 bridgehead atoms.